The zero-order chi connectivity index (χ0) is 14.0. The Morgan fingerprint density at radius 3 is 2.89 bits per heavy atom. The van der Waals surface area contributed by atoms with E-state index in [4.69, 9.17) is 5.73 Å². The lowest BCUT2D eigenvalue weighted by Gasteiger charge is -2.30. The van der Waals surface area contributed by atoms with Crippen LogP contribution in [-0.2, 0) is 11.8 Å². The molecule has 1 aromatic rings. The van der Waals surface area contributed by atoms with Gasteiger partial charge in [-0.2, -0.15) is 5.10 Å². The summed E-state index contributed by atoms with van der Waals surface area (Å²) in [5, 5.41) is 7.20. The minimum Gasteiger partial charge on any atom is -0.352 e. The third-order valence-electron chi connectivity index (χ3n) is 3.58. The molecule has 106 valence electrons. The van der Waals surface area contributed by atoms with Gasteiger partial charge in [0, 0.05) is 50.9 Å². The summed E-state index contributed by atoms with van der Waals surface area (Å²) in [5.41, 5.74) is 7.28. The number of hydrogen-bond donors (Lipinski definition) is 2. The molecule has 19 heavy (non-hydrogen) atoms. The van der Waals surface area contributed by atoms with Crippen LogP contribution in [0.1, 0.15) is 31.9 Å². The average molecular weight is 265 g/mol. The Labute approximate surface area is 113 Å². The molecule has 1 aliphatic rings. The number of amides is 1. The van der Waals surface area contributed by atoms with Crippen LogP contribution < -0.4 is 11.1 Å². The van der Waals surface area contributed by atoms with Crippen LogP contribution in [0.25, 0.3) is 0 Å². The summed E-state index contributed by atoms with van der Waals surface area (Å²) in [4.78, 5) is 13.5. The largest absolute Gasteiger partial charge is 0.352 e. The van der Waals surface area contributed by atoms with E-state index in [-0.39, 0.29) is 24.0 Å². The molecule has 0 aromatic carbocycles. The standard InChI is InChI=1S/C13H23N5O/c1-9(14)13(11-6-15-17(3)7-11)18-5-4-12(8-18)16-10(2)19/h6-7,9,12-13H,4-5,8,14H2,1-3H3,(H,16,19). The number of carbonyl (C=O) groups is 1. The van der Waals surface area contributed by atoms with E-state index in [0.717, 1.165) is 25.1 Å². The van der Waals surface area contributed by atoms with Crippen molar-refractivity contribution < 1.29 is 4.79 Å². The van der Waals surface area contributed by atoms with Crippen LogP contribution in [0.5, 0.6) is 0 Å². The second-order valence-corrected chi connectivity index (χ2v) is 5.43. The van der Waals surface area contributed by atoms with Crippen LogP contribution in [0.3, 0.4) is 0 Å². The molecule has 2 heterocycles. The van der Waals surface area contributed by atoms with Crippen molar-refractivity contribution >= 4 is 5.91 Å². The lowest BCUT2D eigenvalue weighted by molar-refractivity contribution is -0.119. The molecule has 1 aliphatic heterocycles. The molecule has 0 bridgehead atoms. The molecule has 1 fully saturated rings. The first-order chi connectivity index (χ1) is 8.97. The van der Waals surface area contributed by atoms with Crippen molar-refractivity contribution in [3.8, 4) is 0 Å². The van der Waals surface area contributed by atoms with Gasteiger partial charge in [-0.25, -0.2) is 0 Å². The molecule has 3 N–H and O–H groups in total. The second kappa shape index (κ2) is 5.71. The maximum Gasteiger partial charge on any atom is 0.217 e. The number of aryl methyl sites for hydroxylation is 1. The first kappa shape index (κ1) is 14.0. The molecule has 0 spiro atoms. The lowest BCUT2D eigenvalue weighted by Crippen LogP contribution is -2.41. The number of nitrogens with two attached hydrogens (primary N) is 1. The number of aromatic nitrogens is 2. The Morgan fingerprint density at radius 2 is 2.37 bits per heavy atom. The normalized spacial score (nSPS) is 23.3. The molecule has 6 heteroatoms. The molecule has 1 aromatic heterocycles. The van der Waals surface area contributed by atoms with Gasteiger partial charge >= 0.3 is 0 Å². The Hall–Kier alpha value is -1.40. The van der Waals surface area contributed by atoms with Crippen molar-refractivity contribution in [2.45, 2.75) is 38.4 Å². The van der Waals surface area contributed by atoms with E-state index in [0.29, 0.717) is 0 Å². The third kappa shape index (κ3) is 3.33. The van der Waals surface area contributed by atoms with Gasteiger partial charge in [-0.05, 0) is 13.3 Å². The molecular weight excluding hydrogens is 242 g/mol. The van der Waals surface area contributed by atoms with Crippen molar-refractivity contribution in [2.24, 2.45) is 12.8 Å². The van der Waals surface area contributed by atoms with Crippen molar-refractivity contribution in [3.05, 3.63) is 18.0 Å². The van der Waals surface area contributed by atoms with Crippen molar-refractivity contribution in [2.75, 3.05) is 13.1 Å². The van der Waals surface area contributed by atoms with Gasteiger partial charge in [0.2, 0.25) is 5.91 Å². The van der Waals surface area contributed by atoms with E-state index < -0.39 is 0 Å². The summed E-state index contributed by atoms with van der Waals surface area (Å²) in [6.45, 7) is 5.38. The molecule has 2 rings (SSSR count). The zero-order valence-electron chi connectivity index (χ0n) is 11.8. The molecule has 0 radical (unpaired) electrons. The number of likely N-dealkylation sites (tertiary alicyclic amines) is 1. The Kier molecular flexibility index (Phi) is 4.21. The summed E-state index contributed by atoms with van der Waals surface area (Å²) in [5.74, 6) is 0.0329. The number of carbonyl (C=O) groups excluding carboxylic acids is 1. The molecule has 1 saturated heterocycles. The van der Waals surface area contributed by atoms with Gasteiger partial charge in [-0.1, -0.05) is 0 Å². The molecule has 0 saturated carbocycles. The summed E-state index contributed by atoms with van der Waals surface area (Å²) < 4.78 is 1.80. The van der Waals surface area contributed by atoms with E-state index >= 15 is 0 Å². The van der Waals surface area contributed by atoms with Gasteiger partial charge in [-0.3, -0.25) is 14.4 Å². The SMILES string of the molecule is CC(=O)NC1CCN(C(c2cnn(C)c2)C(C)N)C1. The third-order valence-corrected chi connectivity index (χ3v) is 3.58. The first-order valence-corrected chi connectivity index (χ1v) is 6.72. The number of rotatable bonds is 4. The summed E-state index contributed by atoms with van der Waals surface area (Å²) in [6, 6.07) is 0.420. The van der Waals surface area contributed by atoms with E-state index in [1.54, 1.807) is 11.6 Å². The number of hydrogen-bond acceptors (Lipinski definition) is 4. The monoisotopic (exact) mass is 265 g/mol. The molecule has 3 atom stereocenters. The summed E-state index contributed by atoms with van der Waals surface area (Å²) in [6.07, 6.45) is 4.86. The number of nitrogens with one attached hydrogen (secondary N) is 1. The second-order valence-electron chi connectivity index (χ2n) is 5.43. The molecule has 1 amide bonds. The topological polar surface area (TPSA) is 76.2 Å². The van der Waals surface area contributed by atoms with E-state index in [1.165, 1.54) is 0 Å². The van der Waals surface area contributed by atoms with Gasteiger partial charge in [0.05, 0.1) is 12.2 Å². The van der Waals surface area contributed by atoms with Crippen molar-refractivity contribution in [1.82, 2.24) is 20.0 Å². The number of nitrogens with zero attached hydrogens (tertiary/aromatic N) is 3. The minimum atomic E-state index is 0.0280. The molecule has 6 nitrogen and oxygen atoms in total. The van der Waals surface area contributed by atoms with Gasteiger partial charge in [0.15, 0.2) is 0 Å². The fourth-order valence-electron chi connectivity index (χ4n) is 2.89. The molecule has 0 aliphatic carbocycles. The highest BCUT2D eigenvalue weighted by atomic mass is 16.1. The predicted molar refractivity (Wildman–Crippen MR) is 73.4 cm³/mol. The highest BCUT2D eigenvalue weighted by molar-refractivity contribution is 5.73. The fourth-order valence-corrected chi connectivity index (χ4v) is 2.89. The Bertz CT molecular complexity index is 442. The smallest absolute Gasteiger partial charge is 0.217 e. The minimum absolute atomic E-state index is 0.0280. The van der Waals surface area contributed by atoms with Crippen LogP contribution in [0.15, 0.2) is 12.4 Å². The van der Waals surface area contributed by atoms with Gasteiger partial charge in [0.1, 0.15) is 0 Å². The van der Waals surface area contributed by atoms with Gasteiger partial charge in [-0.15, -0.1) is 0 Å². The van der Waals surface area contributed by atoms with Crippen LogP contribution in [0.4, 0.5) is 0 Å². The van der Waals surface area contributed by atoms with Crippen molar-refractivity contribution in [3.63, 3.8) is 0 Å². The summed E-state index contributed by atoms with van der Waals surface area (Å²) >= 11 is 0. The maximum absolute atomic E-state index is 11.1. The molecular formula is C13H23N5O. The Morgan fingerprint density at radius 1 is 1.63 bits per heavy atom. The van der Waals surface area contributed by atoms with E-state index in [9.17, 15) is 4.79 Å². The predicted octanol–water partition coefficient (Wildman–Crippen LogP) is 0.0188. The van der Waals surface area contributed by atoms with Crippen LogP contribution in [0, 0.1) is 0 Å². The zero-order valence-corrected chi connectivity index (χ0v) is 11.8. The highest BCUT2D eigenvalue weighted by Crippen LogP contribution is 2.27. The van der Waals surface area contributed by atoms with Crippen LogP contribution >= 0.6 is 0 Å². The fraction of sp³-hybridized carbons (Fsp3) is 0.692. The summed E-state index contributed by atoms with van der Waals surface area (Å²) in [7, 11) is 1.91. The highest BCUT2D eigenvalue weighted by Gasteiger charge is 2.32. The lowest BCUT2D eigenvalue weighted by atomic mass is 10.0. The first-order valence-electron chi connectivity index (χ1n) is 6.72. The van der Waals surface area contributed by atoms with Crippen molar-refractivity contribution in [1.29, 1.82) is 0 Å². The van der Waals surface area contributed by atoms with E-state index in [2.05, 4.69) is 15.3 Å². The van der Waals surface area contributed by atoms with Gasteiger partial charge < -0.3 is 11.1 Å². The molecule has 3 unspecified atom stereocenters. The van der Waals surface area contributed by atoms with Gasteiger partial charge in [0.25, 0.3) is 0 Å². The van der Waals surface area contributed by atoms with Crippen LogP contribution in [0.2, 0.25) is 0 Å². The quantitative estimate of drug-likeness (QED) is 0.804. The van der Waals surface area contributed by atoms with E-state index in [1.807, 2.05) is 26.4 Å². The Balaban J connectivity index is 2.07. The van der Waals surface area contributed by atoms with Crippen LogP contribution in [-0.4, -0.2) is 45.8 Å². The average Bonchev–Trinajstić information content (AvgIpc) is 2.88. The maximum atomic E-state index is 11.1.